The molecule has 0 aliphatic heterocycles. The van der Waals surface area contributed by atoms with Crippen LogP contribution in [0.25, 0.3) is 0 Å². The van der Waals surface area contributed by atoms with Gasteiger partial charge in [-0.05, 0) is 75.0 Å². The van der Waals surface area contributed by atoms with E-state index in [1.807, 2.05) is 6.07 Å². The molecule has 3 aliphatic carbocycles. The lowest BCUT2D eigenvalue weighted by Crippen LogP contribution is -2.36. The topological polar surface area (TPSA) is 47.9 Å². The van der Waals surface area contributed by atoms with Crippen LogP contribution in [0.2, 0.25) is 0 Å². The van der Waals surface area contributed by atoms with Gasteiger partial charge in [0.1, 0.15) is 5.75 Å². The minimum absolute atomic E-state index is 0.00103. The molecule has 3 saturated carbocycles. The number of rotatable bonds is 18. The second kappa shape index (κ2) is 17.6. The molecule has 1 aromatic rings. The maximum Gasteiger partial charge on any atom is 0.121 e. The Kier molecular flexibility index (Phi) is 14.2. The molecular weight excluding hydrogens is 532 g/mol. The minimum atomic E-state index is -0.0522. The van der Waals surface area contributed by atoms with E-state index in [4.69, 9.17) is 14.2 Å². The molecule has 0 atom stereocenters. The van der Waals surface area contributed by atoms with Gasteiger partial charge in [0.05, 0.1) is 36.6 Å². The molecule has 0 amide bonds. The van der Waals surface area contributed by atoms with Crippen LogP contribution in [0.4, 0.5) is 0 Å². The van der Waals surface area contributed by atoms with Gasteiger partial charge in [-0.3, -0.25) is 0 Å². The van der Waals surface area contributed by atoms with Crippen LogP contribution in [0.15, 0.2) is 12.1 Å². The molecule has 0 radical (unpaired) electrons. The van der Waals surface area contributed by atoms with Crippen molar-refractivity contribution in [1.82, 2.24) is 0 Å². The molecule has 4 nitrogen and oxygen atoms in total. The summed E-state index contributed by atoms with van der Waals surface area (Å²) >= 11 is 0. The number of ether oxygens (including phenoxy) is 3. The number of hydrogen-bond acceptors (Lipinski definition) is 4. The molecule has 1 N–H and O–H groups in total. The summed E-state index contributed by atoms with van der Waals surface area (Å²) in [5, 5.41) is 11.4. The summed E-state index contributed by atoms with van der Waals surface area (Å²) in [7, 11) is 0. The van der Waals surface area contributed by atoms with Crippen LogP contribution in [0.3, 0.4) is 0 Å². The lowest BCUT2D eigenvalue weighted by Gasteiger charge is -2.39. The summed E-state index contributed by atoms with van der Waals surface area (Å²) in [6.07, 6.45) is 29.1. The molecule has 0 spiro atoms. The summed E-state index contributed by atoms with van der Waals surface area (Å²) in [6.45, 7) is 8.46. The normalized spacial score (nSPS) is 21.6. The van der Waals surface area contributed by atoms with E-state index < -0.39 is 0 Å². The molecule has 0 saturated heterocycles. The van der Waals surface area contributed by atoms with Gasteiger partial charge in [-0.2, -0.15) is 0 Å². The van der Waals surface area contributed by atoms with Gasteiger partial charge in [0.25, 0.3) is 0 Å². The first kappa shape index (κ1) is 34.8. The highest BCUT2D eigenvalue weighted by Gasteiger charge is 2.36. The van der Waals surface area contributed by atoms with E-state index in [1.54, 1.807) is 0 Å². The van der Waals surface area contributed by atoms with E-state index in [9.17, 15) is 5.11 Å². The molecule has 3 aliphatic rings. The lowest BCUT2D eigenvalue weighted by molar-refractivity contribution is -0.0976. The Labute approximate surface area is 265 Å². The molecule has 0 unspecified atom stereocenters. The van der Waals surface area contributed by atoms with Crippen molar-refractivity contribution in [2.75, 3.05) is 0 Å². The number of phenols is 1. The summed E-state index contributed by atoms with van der Waals surface area (Å²) in [5.74, 6) is 0.355. The molecule has 0 bridgehead atoms. The third kappa shape index (κ3) is 9.94. The van der Waals surface area contributed by atoms with Crippen molar-refractivity contribution in [1.29, 1.82) is 0 Å². The monoisotopic (exact) mass is 598 g/mol. The Bertz CT molecular complexity index is 921. The molecule has 246 valence electrons. The van der Waals surface area contributed by atoms with E-state index in [0.29, 0.717) is 25.6 Å². The highest BCUT2D eigenvalue weighted by molar-refractivity contribution is 5.44. The van der Waals surface area contributed by atoms with Gasteiger partial charge >= 0.3 is 0 Å². The van der Waals surface area contributed by atoms with Gasteiger partial charge in [-0.15, -0.1) is 0 Å². The van der Waals surface area contributed by atoms with Gasteiger partial charge in [0, 0.05) is 5.56 Å². The van der Waals surface area contributed by atoms with Crippen LogP contribution in [0.1, 0.15) is 192 Å². The molecule has 0 heterocycles. The van der Waals surface area contributed by atoms with Crippen LogP contribution in [-0.4, -0.2) is 21.9 Å². The third-order valence-electron chi connectivity index (χ3n) is 11.3. The lowest BCUT2D eigenvalue weighted by atomic mass is 9.80. The molecule has 0 aromatic heterocycles. The van der Waals surface area contributed by atoms with Gasteiger partial charge < -0.3 is 19.3 Å². The van der Waals surface area contributed by atoms with Gasteiger partial charge in [0.15, 0.2) is 0 Å². The Morgan fingerprint density at radius 1 is 0.512 bits per heavy atom. The predicted molar refractivity (Wildman–Crippen MR) is 178 cm³/mol. The Morgan fingerprint density at radius 3 is 1.28 bits per heavy atom. The van der Waals surface area contributed by atoms with Gasteiger partial charge in [-0.1, -0.05) is 123 Å². The van der Waals surface area contributed by atoms with Crippen molar-refractivity contribution in [3.05, 3.63) is 28.8 Å². The highest BCUT2D eigenvalue weighted by Crippen LogP contribution is 2.42. The van der Waals surface area contributed by atoms with Gasteiger partial charge in [-0.25, -0.2) is 0 Å². The van der Waals surface area contributed by atoms with Crippen molar-refractivity contribution in [2.45, 2.75) is 211 Å². The van der Waals surface area contributed by atoms with Crippen molar-refractivity contribution < 1.29 is 19.3 Å². The number of hydrogen-bond donors (Lipinski definition) is 1. The number of unbranched alkanes of at least 4 members (excludes halogenated alkanes) is 3. The van der Waals surface area contributed by atoms with Crippen LogP contribution in [-0.2, 0) is 34.0 Å². The first-order valence-electron chi connectivity index (χ1n) is 18.7. The van der Waals surface area contributed by atoms with E-state index >= 15 is 0 Å². The maximum absolute atomic E-state index is 11.4. The zero-order valence-electron chi connectivity index (χ0n) is 28.4. The largest absolute Gasteiger partial charge is 0.508 e. The summed E-state index contributed by atoms with van der Waals surface area (Å²) in [5.41, 5.74) is 3.17. The molecule has 43 heavy (non-hydrogen) atoms. The molecular formula is C39H66O4. The number of phenolic OH excluding ortho intramolecular Hbond substituents is 1. The highest BCUT2D eigenvalue weighted by atomic mass is 16.5. The summed E-state index contributed by atoms with van der Waals surface area (Å²) < 4.78 is 20.9. The van der Waals surface area contributed by atoms with Crippen LogP contribution in [0.5, 0.6) is 5.75 Å². The Balaban J connectivity index is 1.60. The third-order valence-corrected chi connectivity index (χ3v) is 11.3. The zero-order chi connectivity index (χ0) is 30.4. The van der Waals surface area contributed by atoms with Crippen LogP contribution >= 0.6 is 0 Å². The van der Waals surface area contributed by atoms with Crippen LogP contribution in [0, 0.1) is 0 Å². The quantitative estimate of drug-likeness (QED) is 0.183. The van der Waals surface area contributed by atoms with E-state index in [0.717, 1.165) is 56.1 Å². The first-order chi connectivity index (χ1) is 21.0. The van der Waals surface area contributed by atoms with Crippen molar-refractivity contribution in [2.24, 2.45) is 0 Å². The van der Waals surface area contributed by atoms with Crippen LogP contribution < -0.4 is 0 Å². The summed E-state index contributed by atoms with van der Waals surface area (Å²) in [6, 6.07) is 4.01. The molecule has 4 rings (SSSR count). The fraction of sp³-hybridized carbons (Fsp3) is 0.846. The standard InChI is InChI=1S/C39H66O4/c1-4-7-21-37(24-13-10-14-25-37)41-30-33-19-20-36(40)35(32-43-39(23-9-6-3)28-17-12-18-29-39)34(33)31-42-38(22-8-5-2)26-15-11-16-27-38/h19-20,40H,4-18,21-32H2,1-3H3. The fourth-order valence-corrected chi connectivity index (χ4v) is 8.37. The fourth-order valence-electron chi connectivity index (χ4n) is 8.37. The molecule has 1 aromatic carbocycles. The number of benzene rings is 1. The second-order valence-electron chi connectivity index (χ2n) is 14.6. The average Bonchev–Trinajstić information content (AvgIpc) is 3.05. The van der Waals surface area contributed by atoms with Crippen molar-refractivity contribution >= 4 is 0 Å². The molecule has 4 heteroatoms. The average molecular weight is 599 g/mol. The SMILES string of the molecule is CCCCC1(OCc2ccc(O)c(COC3(CCCC)CCCCC3)c2COC2(CCCC)CCCCC2)CCCCC1. The smallest absolute Gasteiger partial charge is 0.121 e. The van der Waals surface area contributed by atoms with Gasteiger partial charge in [0.2, 0.25) is 0 Å². The van der Waals surface area contributed by atoms with Crippen molar-refractivity contribution in [3.8, 4) is 5.75 Å². The van der Waals surface area contributed by atoms with E-state index in [1.165, 1.54) is 115 Å². The summed E-state index contributed by atoms with van der Waals surface area (Å²) in [4.78, 5) is 0. The Morgan fingerprint density at radius 2 is 0.884 bits per heavy atom. The Hall–Kier alpha value is -1.10. The van der Waals surface area contributed by atoms with Crippen molar-refractivity contribution in [3.63, 3.8) is 0 Å². The minimum Gasteiger partial charge on any atom is -0.508 e. The predicted octanol–water partition coefficient (Wildman–Crippen LogP) is 11.6. The number of aromatic hydroxyl groups is 1. The van der Waals surface area contributed by atoms with E-state index in [2.05, 4.69) is 26.8 Å². The molecule has 3 fully saturated rings. The zero-order valence-corrected chi connectivity index (χ0v) is 28.4. The second-order valence-corrected chi connectivity index (χ2v) is 14.6. The first-order valence-corrected chi connectivity index (χ1v) is 18.7. The van der Waals surface area contributed by atoms with E-state index in [-0.39, 0.29) is 16.8 Å². The maximum atomic E-state index is 11.4.